The molecule has 0 saturated carbocycles. The number of amides is 1. The predicted molar refractivity (Wildman–Crippen MR) is 160 cm³/mol. The fourth-order valence-electron chi connectivity index (χ4n) is 3.48. The lowest BCUT2D eigenvalue weighted by molar-refractivity contribution is -0.157. The van der Waals surface area contributed by atoms with Gasteiger partial charge in [-0.25, -0.2) is 4.79 Å². The maximum atomic E-state index is 12.2. The van der Waals surface area contributed by atoms with Crippen molar-refractivity contribution >= 4 is 11.9 Å². The van der Waals surface area contributed by atoms with Crippen LogP contribution in [0.3, 0.4) is 0 Å². The number of ether oxygens (including phenoxy) is 2. The molecule has 0 aliphatic heterocycles. The molecular weight excluding hydrogens is 490 g/mol. The molecule has 6 heteroatoms. The van der Waals surface area contributed by atoms with Crippen LogP contribution in [0.5, 0.6) is 5.75 Å². The first kappa shape index (κ1) is 33.6. The fraction of sp³-hybridized carbons (Fsp3) is 0.455. The summed E-state index contributed by atoms with van der Waals surface area (Å²) in [6, 6.07) is 6.28. The molecule has 39 heavy (non-hydrogen) atoms. The normalized spacial score (nSPS) is 12.9. The number of benzene rings is 1. The van der Waals surface area contributed by atoms with Crippen molar-refractivity contribution in [3.8, 4) is 5.75 Å². The highest BCUT2D eigenvalue weighted by molar-refractivity contribution is 5.96. The van der Waals surface area contributed by atoms with E-state index >= 15 is 0 Å². The van der Waals surface area contributed by atoms with Gasteiger partial charge in [-0.3, -0.25) is 4.79 Å². The summed E-state index contributed by atoms with van der Waals surface area (Å²) in [5.74, 6) is -0.931. The average molecular weight is 538 g/mol. The summed E-state index contributed by atoms with van der Waals surface area (Å²) < 4.78 is 10.9. The zero-order chi connectivity index (χ0) is 28.4. The van der Waals surface area contributed by atoms with E-state index in [0.717, 1.165) is 51.4 Å². The Morgan fingerprint density at radius 3 is 2.00 bits per heavy atom. The largest absolute Gasteiger partial charge is 0.507 e. The summed E-state index contributed by atoms with van der Waals surface area (Å²) in [5.41, 5.74) is 0.183. The maximum Gasteiger partial charge on any atom is 0.335 e. The van der Waals surface area contributed by atoms with E-state index in [-0.39, 0.29) is 24.5 Å². The Morgan fingerprint density at radius 2 is 1.41 bits per heavy atom. The van der Waals surface area contributed by atoms with E-state index in [0.29, 0.717) is 13.0 Å². The summed E-state index contributed by atoms with van der Waals surface area (Å²) in [5, 5.41) is 12.3. The van der Waals surface area contributed by atoms with Gasteiger partial charge in [-0.2, -0.15) is 0 Å². The van der Waals surface area contributed by atoms with E-state index in [4.69, 9.17) is 9.47 Å². The molecule has 0 unspecified atom stereocenters. The third-order valence-corrected chi connectivity index (χ3v) is 5.66. The Bertz CT molecular complexity index is 945. The lowest BCUT2D eigenvalue weighted by Gasteiger charge is -2.15. The second-order valence-electron chi connectivity index (χ2n) is 8.91. The highest BCUT2D eigenvalue weighted by Crippen LogP contribution is 2.14. The number of rotatable bonds is 21. The minimum Gasteiger partial charge on any atom is -0.507 e. The minimum absolute atomic E-state index is 0.0438. The molecule has 1 aromatic carbocycles. The summed E-state index contributed by atoms with van der Waals surface area (Å²) in [6.07, 6.45) is 29.7. The third-order valence-electron chi connectivity index (χ3n) is 5.66. The van der Waals surface area contributed by atoms with Crippen molar-refractivity contribution in [2.24, 2.45) is 0 Å². The highest BCUT2D eigenvalue weighted by atomic mass is 16.6. The van der Waals surface area contributed by atoms with Gasteiger partial charge in [0.15, 0.2) is 6.10 Å². The number of unbranched alkanes of at least 4 members (excludes halogenated alkanes) is 2. The smallest absolute Gasteiger partial charge is 0.335 e. The van der Waals surface area contributed by atoms with Crippen LogP contribution in [-0.2, 0) is 14.3 Å². The van der Waals surface area contributed by atoms with Crippen LogP contribution in [0.2, 0.25) is 0 Å². The summed E-state index contributed by atoms with van der Waals surface area (Å²) in [7, 11) is 0. The van der Waals surface area contributed by atoms with Gasteiger partial charge >= 0.3 is 5.97 Å². The van der Waals surface area contributed by atoms with E-state index in [2.05, 4.69) is 73.0 Å². The topological polar surface area (TPSA) is 84.9 Å². The number of allylic oxidation sites excluding steroid dienone is 10. The Balaban J connectivity index is 2.05. The second kappa shape index (κ2) is 23.7. The van der Waals surface area contributed by atoms with Gasteiger partial charge in [0, 0.05) is 6.61 Å². The van der Waals surface area contributed by atoms with Crippen LogP contribution < -0.4 is 5.32 Å². The number of esters is 1. The molecule has 0 aliphatic rings. The van der Waals surface area contributed by atoms with Crippen LogP contribution in [0.25, 0.3) is 0 Å². The van der Waals surface area contributed by atoms with Gasteiger partial charge in [-0.05, 0) is 69.9 Å². The molecule has 0 aliphatic carbocycles. The zero-order valence-corrected chi connectivity index (χ0v) is 23.7. The molecule has 0 radical (unpaired) electrons. The molecule has 6 nitrogen and oxygen atoms in total. The van der Waals surface area contributed by atoms with Gasteiger partial charge < -0.3 is 19.9 Å². The summed E-state index contributed by atoms with van der Waals surface area (Å²) >= 11 is 0. The Kier molecular flexibility index (Phi) is 20.5. The van der Waals surface area contributed by atoms with Crippen LogP contribution in [0, 0.1) is 0 Å². The molecule has 0 bridgehead atoms. The number of carbonyl (C=O) groups is 2. The molecule has 1 aromatic rings. The van der Waals surface area contributed by atoms with Gasteiger partial charge in [0.05, 0.1) is 12.1 Å². The van der Waals surface area contributed by atoms with Crippen LogP contribution in [0.4, 0.5) is 0 Å². The molecule has 0 saturated heterocycles. The zero-order valence-electron chi connectivity index (χ0n) is 23.7. The Morgan fingerprint density at radius 1 is 0.821 bits per heavy atom. The van der Waals surface area contributed by atoms with Crippen molar-refractivity contribution in [1.82, 2.24) is 5.32 Å². The lowest BCUT2D eigenvalue weighted by atomic mass is 10.2. The first-order valence-electron chi connectivity index (χ1n) is 14.2. The molecule has 0 aromatic heterocycles. The van der Waals surface area contributed by atoms with E-state index in [1.807, 2.05) is 6.92 Å². The molecule has 2 N–H and O–H groups in total. The van der Waals surface area contributed by atoms with E-state index in [1.165, 1.54) is 12.1 Å². The Labute approximate surface area is 235 Å². The Hall–Kier alpha value is -3.38. The molecule has 0 fully saturated rings. The molecule has 1 amide bonds. The monoisotopic (exact) mass is 537 g/mol. The van der Waals surface area contributed by atoms with E-state index < -0.39 is 18.0 Å². The van der Waals surface area contributed by atoms with Crippen molar-refractivity contribution in [2.45, 2.75) is 77.7 Å². The second-order valence-corrected chi connectivity index (χ2v) is 8.91. The number of nitrogens with one attached hydrogen (secondary N) is 1. The third kappa shape index (κ3) is 17.7. The number of para-hydroxylation sites is 1. The molecule has 214 valence electrons. The number of aromatic hydroxyl groups is 1. The fourth-order valence-corrected chi connectivity index (χ4v) is 3.48. The van der Waals surface area contributed by atoms with Gasteiger partial charge in [0.25, 0.3) is 5.91 Å². The van der Waals surface area contributed by atoms with Crippen molar-refractivity contribution in [3.05, 3.63) is 90.6 Å². The number of carbonyl (C=O) groups excluding carboxylic acids is 2. The van der Waals surface area contributed by atoms with Gasteiger partial charge in [0.1, 0.15) is 12.4 Å². The lowest BCUT2D eigenvalue weighted by Crippen LogP contribution is -2.31. The maximum absolute atomic E-state index is 12.2. The average Bonchev–Trinajstić information content (AvgIpc) is 2.94. The molecule has 1 rings (SSSR count). The highest BCUT2D eigenvalue weighted by Gasteiger charge is 2.18. The molecular formula is C33H47NO5. The number of phenols is 1. The van der Waals surface area contributed by atoms with E-state index in [9.17, 15) is 14.7 Å². The van der Waals surface area contributed by atoms with E-state index in [1.54, 1.807) is 12.1 Å². The minimum atomic E-state index is -0.604. The SMILES string of the molecule is CC/C=C\C/C=C\C/C=C\C/C=C\C/C=C\CCCCO[C@H](CC)C(=O)OCCNC(=O)c1ccccc1O. The number of hydrogen-bond donors (Lipinski definition) is 2. The van der Waals surface area contributed by atoms with Gasteiger partial charge in [-0.1, -0.05) is 86.7 Å². The van der Waals surface area contributed by atoms with Crippen molar-refractivity contribution in [2.75, 3.05) is 19.8 Å². The van der Waals surface area contributed by atoms with Crippen LogP contribution in [0.15, 0.2) is 85.0 Å². The number of phenolic OH excluding ortho intramolecular Hbond substituents is 1. The standard InChI is InChI=1S/C33H47NO5/c1-3-5-6-7-8-9-10-11-12-13-14-15-16-17-18-19-20-23-27-38-31(4-2)33(37)39-28-26-34-32(36)29-24-21-22-25-30(29)35/h5-6,8-9,11-12,14-15,17-18,21-22,24-25,31,35H,3-4,7,10,13,16,19-20,23,26-28H2,1-2H3,(H,34,36)/b6-5-,9-8-,12-11-,15-14-,18-17-/t31-/m1/s1. The number of hydrogen-bond acceptors (Lipinski definition) is 5. The predicted octanol–water partition coefficient (Wildman–Crippen LogP) is 7.38. The molecule has 0 heterocycles. The van der Waals surface area contributed by atoms with Crippen molar-refractivity contribution < 1.29 is 24.2 Å². The van der Waals surface area contributed by atoms with Gasteiger partial charge in [-0.15, -0.1) is 0 Å². The quantitative estimate of drug-likeness (QED) is 0.0971. The van der Waals surface area contributed by atoms with Crippen LogP contribution in [-0.4, -0.2) is 42.8 Å². The van der Waals surface area contributed by atoms with Crippen molar-refractivity contribution in [1.29, 1.82) is 0 Å². The first-order valence-corrected chi connectivity index (χ1v) is 14.2. The summed E-state index contributed by atoms with van der Waals surface area (Å²) in [6.45, 7) is 4.72. The van der Waals surface area contributed by atoms with Crippen LogP contribution in [0.1, 0.15) is 82.0 Å². The molecule has 0 spiro atoms. The van der Waals surface area contributed by atoms with Gasteiger partial charge in [0.2, 0.25) is 0 Å². The van der Waals surface area contributed by atoms with Crippen molar-refractivity contribution in [3.63, 3.8) is 0 Å². The van der Waals surface area contributed by atoms with Crippen LogP contribution >= 0.6 is 0 Å². The first-order chi connectivity index (χ1) is 19.1. The molecule has 1 atom stereocenters. The summed E-state index contributed by atoms with van der Waals surface area (Å²) in [4.78, 5) is 24.3.